The molecule has 0 spiro atoms. The van der Waals surface area contributed by atoms with Gasteiger partial charge in [-0.05, 0) is 32.9 Å². The lowest BCUT2D eigenvalue weighted by Crippen LogP contribution is -2.63. The van der Waals surface area contributed by atoms with Crippen LogP contribution in [0.3, 0.4) is 0 Å². The number of hydrogen-bond donors (Lipinski definition) is 6. The Bertz CT molecular complexity index is 1170. The van der Waals surface area contributed by atoms with E-state index in [2.05, 4.69) is 4.98 Å². The van der Waals surface area contributed by atoms with Crippen molar-refractivity contribution in [2.45, 2.75) is 24.5 Å². The molecule has 4 atom stereocenters. The van der Waals surface area contributed by atoms with Gasteiger partial charge in [0.1, 0.15) is 22.2 Å². The second-order valence-electron chi connectivity index (χ2n) is 8.45. The van der Waals surface area contributed by atoms with Crippen molar-refractivity contribution in [2.75, 3.05) is 19.8 Å². The number of fused-ring (bicyclic) bond motifs is 3. The van der Waals surface area contributed by atoms with E-state index in [-0.39, 0.29) is 34.7 Å². The maximum atomic E-state index is 13.3. The predicted octanol–water partition coefficient (Wildman–Crippen LogP) is -0.249. The normalized spacial score (nSPS) is 29.7. The van der Waals surface area contributed by atoms with E-state index >= 15 is 0 Å². The van der Waals surface area contributed by atoms with E-state index in [4.69, 9.17) is 23.1 Å². The van der Waals surface area contributed by atoms with Crippen LogP contribution in [0.5, 0.6) is 5.75 Å². The minimum Gasteiger partial charge on any atom is -0.510 e. The molecule has 0 radical (unpaired) electrons. The van der Waals surface area contributed by atoms with Crippen molar-refractivity contribution in [1.82, 2.24) is 9.88 Å². The molecule has 1 heterocycles. The summed E-state index contributed by atoms with van der Waals surface area (Å²) in [4.78, 5) is 43.6. The lowest BCUT2D eigenvalue weighted by Gasteiger charge is -2.50. The number of nitrogens with zero attached hydrogens (tertiary/aromatic N) is 2. The molecule has 0 aromatic carbocycles. The fourth-order valence-corrected chi connectivity index (χ4v) is 5.44. The van der Waals surface area contributed by atoms with E-state index in [9.17, 15) is 34.8 Å². The maximum absolute atomic E-state index is 13.3. The average Bonchev–Trinajstić information content (AvgIpc) is 2.68. The minimum atomic E-state index is -2.69. The van der Waals surface area contributed by atoms with Crippen molar-refractivity contribution >= 4 is 34.9 Å². The first-order chi connectivity index (χ1) is 14.8. The van der Waals surface area contributed by atoms with Crippen LogP contribution in [-0.4, -0.2) is 73.5 Å². The van der Waals surface area contributed by atoms with Crippen LogP contribution in [0.25, 0.3) is 0 Å². The van der Waals surface area contributed by atoms with Crippen LogP contribution in [0.2, 0.25) is 5.15 Å². The number of rotatable bonds is 2. The highest BCUT2D eigenvalue weighted by Crippen LogP contribution is 2.52. The Morgan fingerprint density at radius 2 is 1.88 bits per heavy atom. The fourth-order valence-electron chi connectivity index (χ4n) is 5.18. The van der Waals surface area contributed by atoms with Gasteiger partial charge in [-0.15, -0.1) is 0 Å². The highest BCUT2D eigenvalue weighted by molar-refractivity contribution is 6.32. The number of allylic oxidation sites excluding steroid dienone is 1. The summed E-state index contributed by atoms with van der Waals surface area (Å²) in [5.41, 5.74) is 6.98. The molecule has 12 heteroatoms. The van der Waals surface area contributed by atoms with Gasteiger partial charge in [0.05, 0.1) is 11.6 Å². The monoisotopic (exact) mass is 464 g/mol. The van der Waals surface area contributed by atoms with E-state index in [1.54, 1.807) is 14.1 Å². The van der Waals surface area contributed by atoms with Crippen molar-refractivity contribution in [2.24, 2.45) is 17.6 Å². The summed E-state index contributed by atoms with van der Waals surface area (Å²) in [5.74, 6) is -7.89. The molecule has 3 aliphatic carbocycles. The van der Waals surface area contributed by atoms with Gasteiger partial charge in [0.25, 0.3) is 5.91 Å². The van der Waals surface area contributed by atoms with Crippen LogP contribution >= 0.6 is 11.6 Å². The molecule has 0 aliphatic heterocycles. The molecule has 1 amide bonds. The molecule has 8 N–H and O–H groups in total. The summed E-state index contributed by atoms with van der Waals surface area (Å²) >= 11 is 6.15. The zero-order chi connectivity index (χ0) is 23.9. The van der Waals surface area contributed by atoms with Gasteiger partial charge in [-0.3, -0.25) is 19.3 Å². The van der Waals surface area contributed by atoms with Crippen LogP contribution in [-0.2, 0) is 16.0 Å². The largest absolute Gasteiger partial charge is 0.510 e. The minimum absolute atomic E-state index is 0.0345. The molecule has 11 nitrogen and oxygen atoms in total. The number of ketones is 2. The van der Waals surface area contributed by atoms with Gasteiger partial charge in [-0.25, -0.2) is 4.98 Å². The smallest absolute Gasteiger partial charge is 0.255 e. The number of nitrogens with two attached hydrogens (primary N) is 2. The molecule has 170 valence electrons. The van der Waals surface area contributed by atoms with E-state index in [1.165, 1.54) is 4.90 Å². The average molecular weight is 465 g/mol. The molecular formula is C20H21ClN4O7. The van der Waals surface area contributed by atoms with Crippen molar-refractivity contribution < 1.29 is 34.8 Å². The number of likely N-dealkylation sites (N-methyl/N-ethyl adjacent to an activating group) is 1. The Morgan fingerprint density at radius 1 is 1.25 bits per heavy atom. The van der Waals surface area contributed by atoms with Gasteiger partial charge < -0.3 is 31.9 Å². The third-order valence-electron chi connectivity index (χ3n) is 6.56. The van der Waals surface area contributed by atoms with Crippen LogP contribution in [0, 0.1) is 11.8 Å². The number of primary amides is 1. The fraction of sp³-hybridized carbons (Fsp3) is 0.400. The van der Waals surface area contributed by atoms with Gasteiger partial charge in [-0.2, -0.15) is 0 Å². The highest BCUT2D eigenvalue weighted by Gasteiger charge is 2.63. The highest BCUT2D eigenvalue weighted by atomic mass is 35.5. The molecule has 0 saturated heterocycles. The van der Waals surface area contributed by atoms with Crippen LogP contribution in [0.1, 0.15) is 22.3 Å². The van der Waals surface area contributed by atoms with Gasteiger partial charge in [0, 0.05) is 17.1 Å². The zero-order valence-corrected chi connectivity index (χ0v) is 17.8. The summed E-state index contributed by atoms with van der Waals surface area (Å²) in [6.45, 7) is 0. The van der Waals surface area contributed by atoms with E-state index < -0.39 is 69.6 Å². The van der Waals surface area contributed by atoms with Crippen molar-refractivity contribution in [3.8, 4) is 5.75 Å². The number of aromatic nitrogens is 1. The second kappa shape index (κ2) is 6.92. The SMILES string of the molecule is CN(C)[C@@H]1C(O)=C(C(N)=O)C(=O)[C@@]2(O)C(O)=C3C(=O)c4c(O)c(N)nc(Cl)c4C[C@H]3C[C@@H]12. The van der Waals surface area contributed by atoms with Gasteiger partial charge in [0.2, 0.25) is 5.78 Å². The molecule has 0 fully saturated rings. The summed E-state index contributed by atoms with van der Waals surface area (Å²) < 4.78 is 0. The van der Waals surface area contributed by atoms with Crippen LogP contribution in [0.4, 0.5) is 5.82 Å². The van der Waals surface area contributed by atoms with Gasteiger partial charge in [-0.1, -0.05) is 11.6 Å². The number of aromatic hydroxyl groups is 1. The number of amides is 1. The summed E-state index contributed by atoms with van der Waals surface area (Å²) in [6, 6.07) is -1.06. The number of carbonyl (C=O) groups is 3. The number of carbonyl (C=O) groups excluding carboxylic acids is 3. The summed E-state index contributed by atoms with van der Waals surface area (Å²) in [7, 11) is 3.10. The number of aliphatic hydroxyl groups is 3. The summed E-state index contributed by atoms with van der Waals surface area (Å²) in [5, 5.41) is 43.4. The molecule has 3 aliphatic rings. The number of hydrogen-bond acceptors (Lipinski definition) is 10. The molecule has 32 heavy (non-hydrogen) atoms. The Balaban J connectivity index is 1.99. The quantitative estimate of drug-likeness (QED) is 0.250. The number of nitrogen functional groups attached to an aromatic ring is 1. The van der Waals surface area contributed by atoms with Crippen molar-refractivity contribution in [3.63, 3.8) is 0 Å². The van der Waals surface area contributed by atoms with E-state index in [0.717, 1.165) is 0 Å². The third kappa shape index (κ3) is 2.61. The number of aliphatic hydroxyl groups excluding tert-OH is 2. The van der Waals surface area contributed by atoms with E-state index in [1.807, 2.05) is 0 Å². The third-order valence-corrected chi connectivity index (χ3v) is 6.88. The molecule has 1 aromatic rings. The van der Waals surface area contributed by atoms with Gasteiger partial charge >= 0.3 is 0 Å². The molecule has 1 aromatic heterocycles. The van der Waals surface area contributed by atoms with Crippen LogP contribution < -0.4 is 11.5 Å². The van der Waals surface area contributed by atoms with Gasteiger partial charge in [0.15, 0.2) is 23.0 Å². The number of pyridine rings is 1. The first-order valence-corrected chi connectivity index (χ1v) is 10.0. The maximum Gasteiger partial charge on any atom is 0.255 e. The second-order valence-corrected chi connectivity index (χ2v) is 8.81. The summed E-state index contributed by atoms with van der Waals surface area (Å²) in [6.07, 6.45) is 0.0153. The Morgan fingerprint density at radius 3 is 2.44 bits per heavy atom. The number of halogens is 1. The van der Waals surface area contributed by atoms with Crippen molar-refractivity contribution in [1.29, 1.82) is 0 Å². The molecule has 4 rings (SSSR count). The Hall–Kier alpha value is -3.15. The van der Waals surface area contributed by atoms with Crippen molar-refractivity contribution in [3.05, 3.63) is 38.9 Å². The predicted molar refractivity (Wildman–Crippen MR) is 111 cm³/mol. The lowest BCUT2D eigenvalue weighted by molar-refractivity contribution is -0.148. The molecular weight excluding hydrogens is 444 g/mol. The topological polar surface area (TPSA) is 200 Å². The first kappa shape index (κ1) is 22.1. The zero-order valence-electron chi connectivity index (χ0n) is 17.1. The Labute approximate surface area is 186 Å². The lowest BCUT2D eigenvalue weighted by atomic mass is 9.58. The molecule has 0 bridgehead atoms. The standard InChI is InChI=1S/C20H21ClN4O7/c1-25(2)11-7-4-5-3-6-9(14(28)18(22)24-17(6)21)12(26)8(5)15(29)20(7,32)16(30)10(13(11)27)19(23)31/h5,7,11,27-29,32H,3-4H2,1-2H3,(H2,22,24)(H2,23,31)/t5-,7-,11-,20-/m0/s1. The first-order valence-electron chi connectivity index (χ1n) is 9.65. The Kier molecular flexibility index (Phi) is 4.77. The van der Waals surface area contributed by atoms with E-state index in [0.29, 0.717) is 0 Å². The number of Topliss-reactive ketones (excluding diaryl/α,β-unsaturated/α-hetero) is 2. The van der Waals surface area contributed by atoms with Crippen LogP contribution in [0.15, 0.2) is 22.7 Å². The molecule has 0 unspecified atom stereocenters. The molecule has 0 saturated carbocycles. The number of anilines is 1.